The summed E-state index contributed by atoms with van der Waals surface area (Å²) in [7, 11) is 0. The zero-order valence-corrected chi connectivity index (χ0v) is 19.4. The molecule has 3 rings (SSSR count). The van der Waals surface area contributed by atoms with E-state index in [1.165, 1.54) is 4.90 Å². The zero-order chi connectivity index (χ0) is 24.0. The third kappa shape index (κ3) is 5.92. The molecule has 1 aliphatic carbocycles. The summed E-state index contributed by atoms with van der Waals surface area (Å²) < 4.78 is 5.61. The number of carboxylic acids is 1. The summed E-state index contributed by atoms with van der Waals surface area (Å²) in [5.41, 5.74) is 4.57. The van der Waals surface area contributed by atoms with Crippen molar-refractivity contribution in [2.24, 2.45) is 5.92 Å². The second-order valence-electron chi connectivity index (χ2n) is 8.73. The van der Waals surface area contributed by atoms with E-state index >= 15 is 0 Å². The number of ether oxygens (including phenoxy) is 1. The highest BCUT2D eigenvalue weighted by molar-refractivity contribution is 5.82. The Hall–Kier alpha value is -3.35. The molecule has 33 heavy (non-hydrogen) atoms. The first-order chi connectivity index (χ1) is 15.8. The Morgan fingerprint density at radius 1 is 1.03 bits per heavy atom. The first kappa shape index (κ1) is 24.3. The lowest BCUT2D eigenvalue weighted by atomic mass is 9.98. The van der Waals surface area contributed by atoms with Gasteiger partial charge in [0.2, 0.25) is 5.91 Å². The van der Waals surface area contributed by atoms with Gasteiger partial charge in [-0.25, -0.2) is 4.79 Å². The molecule has 0 heterocycles. The monoisotopic (exact) mass is 452 g/mol. The summed E-state index contributed by atoms with van der Waals surface area (Å²) in [5.74, 6) is -1.42. The maximum absolute atomic E-state index is 12.7. The smallest absolute Gasteiger partial charge is 0.407 e. The molecule has 0 radical (unpaired) electrons. The molecule has 2 aromatic rings. The van der Waals surface area contributed by atoms with Crippen LogP contribution in [0.3, 0.4) is 0 Å². The number of nitrogens with zero attached hydrogens (tertiary/aromatic N) is 1. The molecule has 0 bridgehead atoms. The molecule has 2 amide bonds. The van der Waals surface area contributed by atoms with E-state index in [-0.39, 0.29) is 37.3 Å². The van der Waals surface area contributed by atoms with Crippen LogP contribution in [-0.4, -0.2) is 53.7 Å². The number of rotatable bonds is 10. The Morgan fingerprint density at radius 2 is 1.61 bits per heavy atom. The first-order valence-corrected chi connectivity index (χ1v) is 11.4. The molecule has 7 nitrogen and oxygen atoms in total. The van der Waals surface area contributed by atoms with Gasteiger partial charge in [0.05, 0.1) is 0 Å². The van der Waals surface area contributed by atoms with E-state index in [0.717, 1.165) is 22.3 Å². The van der Waals surface area contributed by atoms with Crippen molar-refractivity contribution >= 4 is 18.0 Å². The van der Waals surface area contributed by atoms with Gasteiger partial charge in [0.25, 0.3) is 0 Å². The van der Waals surface area contributed by atoms with Crippen LogP contribution in [0.15, 0.2) is 48.5 Å². The number of carbonyl (C=O) groups is 3. The fourth-order valence-electron chi connectivity index (χ4n) is 4.29. The standard InChI is InChI=1S/C26H32N2O5/c1-4-13-28(15-25(30)31)24(29)14-23(17(2)3)27-26(32)33-16-22-20-11-7-5-9-18(20)19-10-6-8-12-21(19)22/h5-12,17,22-23H,4,13-16H2,1-3H3,(H,27,32)(H,30,31). The number of benzene rings is 2. The van der Waals surface area contributed by atoms with Gasteiger partial charge in [0.1, 0.15) is 13.2 Å². The molecule has 1 aliphatic rings. The lowest BCUT2D eigenvalue weighted by Gasteiger charge is -2.26. The maximum Gasteiger partial charge on any atom is 0.407 e. The van der Waals surface area contributed by atoms with Gasteiger partial charge in [-0.2, -0.15) is 0 Å². The number of alkyl carbamates (subject to hydrolysis) is 1. The molecule has 0 aliphatic heterocycles. The predicted octanol–water partition coefficient (Wildman–Crippen LogP) is 4.26. The van der Waals surface area contributed by atoms with Gasteiger partial charge in [0, 0.05) is 24.9 Å². The zero-order valence-electron chi connectivity index (χ0n) is 19.4. The minimum absolute atomic E-state index is 0.0230. The van der Waals surface area contributed by atoms with Gasteiger partial charge in [-0.3, -0.25) is 9.59 Å². The summed E-state index contributed by atoms with van der Waals surface area (Å²) in [6.07, 6.45) is 0.101. The maximum atomic E-state index is 12.7. The lowest BCUT2D eigenvalue weighted by Crippen LogP contribution is -2.45. The fourth-order valence-corrected chi connectivity index (χ4v) is 4.29. The van der Waals surface area contributed by atoms with Crippen LogP contribution in [0, 0.1) is 5.92 Å². The molecule has 7 heteroatoms. The highest BCUT2D eigenvalue weighted by atomic mass is 16.5. The van der Waals surface area contributed by atoms with E-state index in [2.05, 4.69) is 29.6 Å². The van der Waals surface area contributed by atoms with Crippen LogP contribution in [0.25, 0.3) is 11.1 Å². The Balaban J connectivity index is 1.63. The highest BCUT2D eigenvalue weighted by Gasteiger charge is 2.30. The molecule has 176 valence electrons. The molecular weight excluding hydrogens is 420 g/mol. The van der Waals surface area contributed by atoms with Crippen LogP contribution in [0.1, 0.15) is 50.7 Å². The Morgan fingerprint density at radius 3 is 2.12 bits per heavy atom. The number of fused-ring (bicyclic) bond motifs is 3. The fraction of sp³-hybridized carbons (Fsp3) is 0.423. The molecule has 2 aromatic carbocycles. The quantitative estimate of drug-likeness (QED) is 0.561. The van der Waals surface area contributed by atoms with Gasteiger partial charge in [-0.05, 0) is 34.6 Å². The molecule has 1 unspecified atom stereocenters. The van der Waals surface area contributed by atoms with Crippen LogP contribution >= 0.6 is 0 Å². The molecule has 0 spiro atoms. The number of amides is 2. The van der Waals surface area contributed by atoms with Crippen molar-refractivity contribution in [1.82, 2.24) is 10.2 Å². The average Bonchev–Trinajstić information content (AvgIpc) is 3.10. The highest BCUT2D eigenvalue weighted by Crippen LogP contribution is 2.44. The molecule has 0 fully saturated rings. The van der Waals surface area contributed by atoms with E-state index in [1.807, 2.05) is 45.0 Å². The van der Waals surface area contributed by atoms with Gasteiger partial charge in [-0.1, -0.05) is 69.3 Å². The molecule has 0 aromatic heterocycles. The third-order valence-corrected chi connectivity index (χ3v) is 6.02. The molecule has 0 saturated heterocycles. The van der Waals surface area contributed by atoms with Gasteiger partial charge in [0.15, 0.2) is 0 Å². The van der Waals surface area contributed by atoms with Crippen molar-refractivity contribution in [3.05, 3.63) is 59.7 Å². The predicted molar refractivity (Wildman–Crippen MR) is 126 cm³/mol. The molecule has 1 atom stereocenters. The Kier molecular flexibility index (Phi) is 8.09. The van der Waals surface area contributed by atoms with Crippen molar-refractivity contribution in [3.63, 3.8) is 0 Å². The van der Waals surface area contributed by atoms with E-state index < -0.39 is 18.1 Å². The van der Waals surface area contributed by atoms with Crippen LogP contribution in [0.2, 0.25) is 0 Å². The SMILES string of the molecule is CCCN(CC(=O)O)C(=O)CC(NC(=O)OCC1c2ccccc2-c2ccccc21)C(C)C. The molecule has 2 N–H and O–H groups in total. The lowest BCUT2D eigenvalue weighted by molar-refractivity contribution is -0.144. The third-order valence-electron chi connectivity index (χ3n) is 6.02. The minimum Gasteiger partial charge on any atom is -0.480 e. The number of nitrogens with one attached hydrogen (secondary N) is 1. The number of aliphatic carboxylic acids is 1. The van der Waals surface area contributed by atoms with E-state index in [1.54, 1.807) is 0 Å². The minimum atomic E-state index is -1.05. The number of carbonyl (C=O) groups excluding carboxylic acids is 2. The van der Waals surface area contributed by atoms with Crippen molar-refractivity contribution in [2.45, 2.75) is 45.6 Å². The Bertz CT molecular complexity index is 958. The van der Waals surface area contributed by atoms with E-state index in [4.69, 9.17) is 9.84 Å². The average molecular weight is 453 g/mol. The summed E-state index contributed by atoms with van der Waals surface area (Å²) in [5, 5.41) is 11.9. The Labute approximate surface area is 194 Å². The van der Waals surface area contributed by atoms with Crippen molar-refractivity contribution < 1.29 is 24.2 Å². The van der Waals surface area contributed by atoms with E-state index in [9.17, 15) is 14.4 Å². The van der Waals surface area contributed by atoms with Crippen LogP contribution in [-0.2, 0) is 14.3 Å². The summed E-state index contributed by atoms with van der Waals surface area (Å²) >= 11 is 0. The van der Waals surface area contributed by atoms with Crippen molar-refractivity contribution in [3.8, 4) is 11.1 Å². The summed E-state index contributed by atoms with van der Waals surface area (Å²) in [6.45, 7) is 5.91. The second-order valence-corrected chi connectivity index (χ2v) is 8.73. The van der Waals surface area contributed by atoms with Gasteiger partial charge < -0.3 is 20.1 Å². The molecule has 0 saturated carbocycles. The van der Waals surface area contributed by atoms with Crippen LogP contribution < -0.4 is 5.32 Å². The van der Waals surface area contributed by atoms with E-state index in [0.29, 0.717) is 13.0 Å². The molecular formula is C26H32N2O5. The first-order valence-electron chi connectivity index (χ1n) is 11.4. The second kappa shape index (κ2) is 11.0. The van der Waals surface area contributed by atoms with Crippen molar-refractivity contribution in [1.29, 1.82) is 0 Å². The number of hydrogen-bond acceptors (Lipinski definition) is 4. The summed E-state index contributed by atoms with van der Waals surface area (Å²) in [6, 6.07) is 15.8. The van der Waals surface area contributed by atoms with Gasteiger partial charge >= 0.3 is 12.1 Å². The number of carboxylic acid groups (broad SMARTS) is 1. The summed E-state index contributed by atoms with van der Waals surface area (Å²) in [4.78, 5) is 37.7. The largest absolute Gasteiger partial charge is 0.480 e. The van der Waals surface area contributed by atoms with Gasteiger partial charge in [-0.15, -0.1) is 0 Å². The normalized spacial score (nSPS) is 13.2. The number of hydrogen-bond donors (Lipinski definition) is 2. The van der Waals surface area contributed by atoms with Crippen LogP contribution in [0.5, 0.6) is 0 Å². The topological polar surface area (TPSA) is 95.9 Å². The van der Waals surface area contributed by atoms with Crippen molar-refractivity contribution in [2.75, 3.05) is 19.7 Å². The van der Waals surface area contributed by atoms with Crippen LogP contribution in [0.4, 0.5) is 4.79 Å².